The van der Waals surface area contributed by atoms with Gasteiger partial charge < -0.3 is 19.4 Å². The van der Waals surface area contributed by atoms with Gasteiger partial charge in [0.05, 0.1) is 25.5 Å². The molecule has 1 N–H and O–H groups in total. The lowest BCUT2D eigenvalue weighted by Crippen LogP contribution is -2.33. The van der Waals surface area contributed by atoms with E-state index in [0.717, 1.165) is 35.2 Å². The number of nitriles is 1. The molecule has 31 heavy (non-hydrogen) atoms. The first-order valence-electron chi connectivity index (χ1n) is 11.2. The molecule has 162 valence electrons. The summed E-state index contributed by atoms with van der Waals surface area (Å²) in [6.45, 7) is 5.80. The van der Waals surface area contributed by atoms with E-state index in [0.29, 0.717) is 23.0 Å². The van der Waals surface area contributed by atoms with Gasteiger partial charge in [-0.25, -0.2) is 0 Å². The van der Waals surface area contributed by atoms with Gasteiger partial charge in [0, 0.05) is 16.5 Å². The van der Waals surface area contributed by atoms with Crippen LogP contribution in [0.2, 0.25) is 0 Å². The SMILES string of the molecule is CCCCN1CCC(c2ccc3[nH]c(-c4ccc(OC)c(OC)c4)c(C#N)c3c2)CC1. The van der Waals surface area contributed by atoms with Crippen LogP contribution >= 0.6 is 0 Å². The Labute approximate surface area is 184 Å². The number of benzene rings is 2. The van der Waals surface area contributed by atoms with Crippen LogP contribution in [0.15, 0.2) is 36.4 Å². The van der Waals surface area contributed by atoms with Crippen molar-refractivity contribution in [1.82, 2.24) is 9.88 Å². The summed E-state index contributed by atoms with van der Waals surface area (Å²) in [4.78, 5) is 6.04. The predicted octanol–water partition coefficient (Wildman–Crippen LogP) is 5.70. The minimum atomic E-state index is 0.563. The number of hydrogen-bond donors (Lipinski definition) is 1. The van der Waals surface area contributed by atoms with Gasteiger partial charge in [-0.3, -0.25) is 0 Å². The van der Waals surface area contributed by atoms with Gasteiger partial charge in [0.1, 0.15) is 6.07 Å². The zero-order valence-corrected chi connectivity index (χ0v) is 18.7. The van der Waals surface area contributed by atoms with Crippen LogP contribution in [0.1, 0.15) is 49.7 Å². The molecular weight excluding hydrogens is 386 g/mol. The highest BCUT2D eigenvalue weighted by Crippen LogP contribution is 2.37. The molecule has 0 atom stereocenters. The van der Waals surface area contributed by atoms with Crippen molar-refractivity contribution in [2.75, 3.05) is 33.9 Å². The average molecular weight is 418 g/mol. The number of rotatable bonds is 7. The van der Waals surface area contributed by atoms with Crippen LogP contribution in [0.25, 0.3) is 22.2 Å². The molecule has 2 aromatic carbocycles. The Morgan fingerprint density at radius 2 is 1.84 bits per heavy atom. The van der Waals surface area contributed by atoms with Gasteiger partial charge in [0.15, 0.2) is 11.5 Å². The highest BCUT2D eigenvalue weighted by Gasteiger charge is 2.22. The summed E-state index contributed by atoms with van der Waals surface area (Å²) >= 11 is 0. The molecule has 0 radical (unpaired) electrons. The van der Waals surface area contributed by atoms with Gasteiger partial charge in [0.25, 0.3) is 0 Å². The third-order valence-corrected chi connectivity index (χ3v) is 6.49. The van der Waals surface area contributed by atoms with Gasteiger partial charge in [0.2, 0.25) is 0 Å². The second-order valence-electron chi connectivity index (χ2n) is 8.33. The highest BCUT2D eigenvalue weighted by molar-refractivity contribution is 5.94. The normalized spacial score (nSPS) is 15.2. The Balaban J connectivity index is 1.64. The van der Waals surface area contributed by atoms with Gasteiger partial charge in [-0.05, 0) is 80.7 Å². The molecule has 1 fully saturated rings. The van der Waals surface area contributed by atoms with Gasteiger partial charge in [-0.2, -0.15) is 5.26 Å². The molecule has 1 aliphatic rings. The molecular formula is C26H31N3O2. The van der Waals surface area contributed by atoms with Crippen molar-refractivity contribution < 1.29 is 9.47 Å². The molecule has 5 heteroatoms. The first-order chi connectivity index (χ1) is 15.2. The minimum absolute atomic E-state index is 0.563. The van der Waals surface area contributed by atoms with Crippen LogP contribution in [0.5, 0.6) is 11.5 Å². The molecule has 0 saturated carbocycles. The number of nitrogens with zero attached hydrogens (tertiary/aromatic N) is 2. The number of aromatic nitrogens is 1. The first kappa shape index (κ1) is 21.3. The fraction of sp³-hybridized carbons (Fsp3) is 0.423. The molecule has 0 aliphatic carbocycles. The molecule has 1 saturated heterocycles. The molecule has 3 aromatic rings. The van der Waals surface area contributed by atoms with E-state index < -0.39 is 0 Å². The van der Waals surface area contributed by atoms with Crippen LogP contribution in [0, 0.1) is 11.3 Å². The molecule has 1 aliphatic heterocycles. The fourth-order valence-corrected chi connectivity index (χ4v) is 4.66. The first-order valence-corrected chi connectivity index (χ1v) is 11.2. The molecule has 1 aromatic heterocycles. The topological polar surface area (TPSA) is 61.3 Å². The molecule has 0 spiro atoms. The van der Waals surface area contributed by atoms with Gasteiger partial charge in [-0.15, -0.1) is 0 Å². The zero-order chi connectivity index (χ0) is 21.8. The number of ether oxygens (including phenoxy) is 2. The third-order valence-electron chi connectivity index (χ3n) is 6.49. The molecule has 4 rings (SSSR count). The van der Waals surface area contributed by atoms with E-state index in [1.807, 2.05) is 18.2 Å². The van der Waals surface area contributed by atoms with Crippen LogP contribution < -0.4 is 9.47 Å². The van der Waals surface area contributed by atoms with E-state index in [9.17, 15) is 5.26 Å². The maximum atomic E-state index is 9.98. The monoisotopic (exact) mass is 417 g/mol. The molecule has 0 unspecified atom stereocenters. The summed E-state index contributed by atoms with van der Waals surface area (Å²) in [6.07, 6.45) is 4.90. The Morgan fingerprint density at radius 3 is 2.52 bits per heavy atom. The summed E-state index contributed by atoms with van der Waals surface area (Å²) < 4.78 is 10.8. The molecule has 2 heterocycles. The van der Waals surface area contributed by atoms with E-state index in [4.69, 9.17) is 9.47 Å². The van der Waals surface area contributed by atoms with Crippen LogP contribution in [0.3, 0.4) is 0 Å². The summed E-state index contributed by atoms with van der Waals surface area (Å²) in [5, 5.41) is 11.0. The van der Waals surface area contributed by atoms with E-state index in [1.165, 1.54) is 37.8 Å². The Hall–Kier alpha value is -2.97. The number of fused-ring (bicyclic) bond motifs is 1. The minimum Gasteiger partial charge on any atom is -0.493 e. The number of nitrogens with one attached hydrogen (secondary N) is 1. The van der Waals surface area contributed by atoms with Crippen molar-refractivity contribution in [3.05, 3.63) is 47.5 Å². The smallest absolute Gasteiger partial charge is 0.161 e. The lowest BCUT2D eigenvalue weighted by Gasteiger charge is -2.32. The second kappa shape index (κ2) is 9.45. The number of likely N-dealkylation sites (tertiary alicyclic amines) is 1. The summed E-state index contributed by atoms with van der Waals surface area (Å²) in [5.41, 5.74) is 4.76. The van der Waals surface area contributed by atoms with Crippen molar-refractivity contribution in [3.8, 4) is 28.8 Å². The average Bonchev–Trinajstić information content (AvgIpc) is 3.20. The Kier molecular flexibility index (Phi) is 6.48. The maximum Gasteiger partial charge on any atom is 0.161 e. The summed E-state index contributed by atoms with van der Waals surface area (Å²) in [5.74, 6) is 1.89. The van der Waals surface area contributed by atoms with Crippen molar-refractivity contribution >= 4 is 10.9 Å². The van der Waals surface area contributed by atoms with E-state index >= 15 is 0 Å². The molecule has 5 nitrogen and oxygen atoms in total. The number of piperidine rings is 1. The Bertz CT molecular complexity index is 1090. The van der Waals surface area contributed by atoms with Crippen molar-refractivity contribution in [2.24, 2.45) is 0 Å². The standard InChI is InChI=1S/C26H31N3O2/c1-4-5-12-29-13-10-18(11-14-29)19-6-8-23-21(15-19)22(17-27)26(28-23)20-7-9-24(30-2)25(16-20)31-3/h6-9,15-16,18,28H,4-5,10-14H2,1-3H3. The predicted molar refractivity (Wildman–Crippen MR) is 125 cm³/mol. The zero-order valence-electron chi connectivity index (χ0n) is 18.7. The summed E-state index contributed by atoms with van der Waals surface area (Å²) in [6, 6.07) is 14.8. The Morgan fingerprint density at radius 1 is 1.06 bits per heavy atom. The molecule has 0 bridgehead atoms. The lowest BCUT2D eigenvalue weighted by atomic mass is 9.88. The number of unbranched alkanes of at least 4 members (excludes halogenated alkanes) is 1. The van der Waals surface area contributed by atoms with Crippen LogP contribution in [0.4, 0.5) is 0 Å². The van der Waals surface area contributed by atoms with E-state index in [-0.39, 0.29) is 0 Å². The lowest BCUT2D eigenvalue weighted by molar-refractivity contribution is 0.210. The van der Waals surface area contributed by atoms with Crippen molar-refractivity contribution in [1.29, 1.82) is 5.26 Å². The van der Waals surface area contributed by atoms with Crippen LogP contribution in [-0.4, -0.2) is 43.7 Å². The van der Waals surface area contributed by atoms with Crippen molar-refractivity contribution in [3.63, 3.8) is 0 Å². The number of H-pyrrole nitrogens is 1. The number of hydrogen-bond acceptors (Lipinski definition) is 4. The van der Waals surface area contributed by atoms with Gasteiger partial charge >= 0.3 is 0 Å². The second-order valence-corrected chi connectivity index (χ2v) is 8.33. The highest BCUT2D eigenvalue weighted by atomic mass is 16.5. The largest absolute Gasteiger partial charge is 0.493 e. The fourth-order valence-electron chi connectivity index (χ4n) is 4.66. The van der Waals surface area contributed by atoms with Gasteiger partial charge in [-0.1, -0.05) is 19.4 Å². The van der Waals surface area contributed by atoms with E-state index in [2.05, 4.69) is 41.1 Å². The van der Waals surface area contributed by atoms with Crippen LogP contribution in [-0.2, 0) is 0 Å². The quantitative estimate of drug-likeness (QED) is 0.535. The van der Waals surface area contributed by atoms with E-state index in [1.54, 1.807) is 14.2 Å². The maximum absolute atomic E-state index is 9.98. The molecule has 0 amide bonds. The number of methoxy groups -OCH3 is 2. The van der Waals surface area contributed by atoms with Crippen molar-refractivity contribution in [2.45, 2.75) is 38.5 Å². The summed E-state index contributed by atoms with van der Waals surface area (Å²) in [7, 11) is 3.24. The number of aromatic amines is 1. The third kappa shape index (κ3) is 4.26.